The average molecular weight is 471 g/mol. The number of amides is 1. The van der Waals surface area contributed by atoms with Crippen LogP contribution in [0.5, 0.6) is 5.75 Å². The Morgan fingerprint density at radius 1 is 1.18 bits per heavy atom. The largest absolute Gasteiger partial charge is 0.508 e. The predicted molar refractivity (Wildman–Crippen MR) is 119 cm³/mol. The van der Waals surface area contributed by atoms with Crippen molar-refractivity contribution in [3.05, 3.63) is 39.7 Å². The Hall–Kier alpha value is -3.70. The van der Waals surface area contributed by atoms with E-state index in [0.29, 0.717) is 0 Å². The van der Waals surface area contributed by atoms with Crippen molar-refractivity contribution in [1.82, 2.24) is 4.90 Å². The highest BCUT2D eigenvalue weighted by Crippen LogP contribution is 2.53. The van der Waals surface area contributed by atoms with Gasteiger partial charge in [-0.05, 0) is 51.4 Å². The zero-order valence-electron chi connectivity index (χ0n) is 18.7. The van der Waals surface area contributed by atoms with Gasteiger partial charge < -0.3 is 31.9 Å². The summed E-state index contributed by atoms with van der Waals surface area (Å²) in [5.74, 6) is -7.97. The highest BCUT2D eigenvalue weighted by atomic mass is 16.3. The minimum absolute atomic E-state index is 0.0251. The lowest BCUT2D eigenvalue weighted by atomic mass is 9.57. The van der Waals surface area contributed by atoms with E-state index in [4.69, 9.17) is 11.5 Å². The van der Waals surface area contributed by atoms with E-state index in [1.165, 1.54) is 32.0 Å². The van der Waals surface area contributed by atoms with Gasteiger partial charge in [0, 0.05) is 17.1 Å². The summed E-state index contributed by atoms with van der Waals surface area (Å²) in [6, 6.07) is 0.112. The number of aliphatic hydroxyl groups excluding tert-OH is 2. The second-order valence-electron chi connectivity index (χ2n) is 9.23. The Balaban J connectivity index is 2.02. The second kappa shape index (κ2) is 7.40. The van der Waals surface area contributed by atoms with Crippen molar-refractivity contribution in [2.24, 2.45) is 17.6 Å². The molecule has 0 spiro atoms. The van der Waals surface area contributed by atoms with Gasteiger partial charge in [0.05, 0.1) is 17.3 Å². The quantitative estimate of drug-likeness (QED) is 0.147. The molecule has 11 heteroatoms. The monoisotopic (exact) mass is 471 g/mol. The fraction of sp³-hybridized carbons (Fsp3) is 0.391. The summed E-state index contributed by atoms with van der Waals surface area (Å²) in [6.07, 6.45) is -0.0362. The van der Waals surface area contributed by atoms with Crippen LogP contribution in [0.15, 0.2) is 23.0 Å². The van der Waals surface area contributed by atoms with Crippen LogP contribution in [0, 0.1) is 11.8 Å². The smallest absolute Gasteiger partial charge is 0.255 e. The predicted octanol–water partition coefficient (Wildman–Crippen LogP) is -0.251. The minimum Gasteiger partial charge on any atom is -0.508 e. The number of rotatable bonds is 3. The molecule has 4 atom stereocenters. The first-order valence-electron chi connectivity index (χ1n) is 10.5. The molecule has 0 aromatic heterocycles. The van der Waals surface area contributed by atoms with E-state index in [1.807, 2.05) is 0 Å². The number of carbonyl (C=O) groups is 4. The molecule has 3 aliphatic carbocycles. The SMILES string of the molecule is CC(=O)c1cc(N)c(O)c2c1C[C@@H]1C[C@@H]3[C@@H](N(C)C)C(=O)C(C(N)=O)=C(O)[C@]3(O)C(=O)C1=C2O. The van der Waals surface area contributed by atoms with Gasteiger partial charge in [0.1, 0.15) is 22.8 Å². The number of ketones is 3. The van der Waals surface area contributed by atoms with Gasteiger partial charge >= 0.3 is 0 Å². The van der Waals surface area contributed by atoms with Gasteiger partial charge in [-0.2, -0.15) is 0 Å². The summed E-state index contributed by atoms with van der Waals surface area (Å²) in [5, 5.41) is 43.9. The van der Waals surface area contributed by atoms with Crippen molar-refractivity contribution >= 4 is 34.7 Å². The summed E-state index contributed by atoms with van der Waals surface area (Å²) in [4.78, 5) is 52.3. The molecule has 8 N–H and O–H groups in total. The summed E-state index contributed by atoms with van der Waals surface area (Å²) in [5.41, 5.74) is 7.23. The Kier molecular flexibility index (Phi) is 5.11. The van der Waals surface area contributed by atoms with Crippen molar-refractivity contribution in [2.75, 3.05) is 19.8 Å². The van der Waals surface area contributed by atoms with E-state index in [-0.39, 0.29) is 46.6 Å². The van der Waals surface area contributed by atoms with Crippen molar-refractivity contribution in [3.63, 3.8) is 0 Å². The van der Waals surface area contributed by atoms with Crippen LogP contribution in [-0.4, -0.2) is 74.3 Å². The number of likely N-dealkylation sites (N-methyl/N-ethyl adjacent to an activating group) is 1. The Labute approximate surface area is 194 Å². The van der Waals surface area contributed by atoms with E-state index < -0.39 is 63.8 Å². The van der Waals surface area contributed by atoms with Gasteiger partial charge in [0.15, 0.2) is 17.2 Å². The van der Waals surface area contributed by atoms with Gasteiger partial charge in [-0.1, -0.05) is 0 Å². The van der Waals surface area contributed by atoms with Crippen molar-refractivity contribution < 1.29 is 39.6 Å². The molecule has 1 amide bonds. The Bertz CT molecular complexity index is 1260. The number of aliphatic hydroxyl groups is 3. The standard InChI is InChI=1S/C23H25N3O8/c1-7(27)9-6-12(24)17(28)14-10(9)4-8-5-11-16(26(2)3)19(30)15(22(25)33)21(32)23(11,34)20(31)13(8)18(14)29/h6,8,11,16,28-29,32,34H,4-5,24H2,1-3H3,(H2,25,33)/t8-,11-,16-,23-/m1/s1. The third-order valence-electron chi connectivity index (χ3n) is 7.13. The van der Waals surface area contributed by atoms with Crippen LogP contribution in [0.1, 0.15) is 34.8 Å². The number of anilines is 1. The molecule has 0 saturated heterocycles. The Morgan fingerprint density at radius 2 is 1.79 bits per heavy atom. The maximum atomic E-state index is 13.7. The molecule has 0 unspecified atom stereocenters. The third-order valence-corrected chi connectivity index (χ3v) is 7.13. The minimum atomic E-state index is -2.72. The molecule has 180 valence electrons. The molecular weight excluding hydrogens is 446 g/mol. The van der Waals surface area contributed by atoms with Crippen LogP contribution in [0.4, 0.5) is 5.69 Å². The molecule has 11 nitrogen and oxygen atoms in total. The van der Waals surface area contributed by atoms with Gasteiger partial charge in [-0.3, -0.25) is 24.1 Å². The highest BCUT2D eigenvalue weighted by Gasteiger charge is 2.64. The lowest BCUT2D eigenvalue weighted by molar-refractivity contribution is -0.153. The number of nitrogen functional groups attached to an aromatic ring is 1. The third kappa shape index (κ3) is 2.83. The van der Waals surface area contributed by atoms with Crippen molar-refractivity contribution in [2.45, 2.75) is 31.4 Å². The molecule has 3 aliphatic rings. The van der Waals surface area contributed by atoms with E-state index in [1.54, 1.807) is 0 Å². The van der Waals surface area contributed by atoms with Gasteiger partial charge in [0.25, 0.3) is 5.91 Å². The molecular formula is C23H25N3O8. The number of fused-ring (bicyclic) bond motifs is 3. The Morgan fingerprint density at radius 3 is 2.32 bits per heavy atom. The lowest BCUT2D eigenvalue weighted by Crippen LogP contribution is -2.65. The van der Waals surface area contributed by atoms with E-state index in [2.05, 4.69) is 0 Å². The molecule has 1 aromatic carbocycles. The lowest BCUT2D eigenvalue weighted by Gasteiger charge is -2.50. The molecule has 4 rings (SSSR count). The van der Waals surface area contributed by atoms with E-state index >= 15 is 0 Å². The molecule has 0 aliphatic heterocycles. The number of hydrogen-bond donors (Lipinski definition) is 6. The number of nitrogens with two attached hydrogens (primary N) is 2. The molecule has 0 radical (unpaired) electrons. The van der Waals surface area contributed by atoms with Gasteiger partial charge in [-0.25, -0.2) is 0 Å². The van der Waals surface area contributed by atoms with Crippen molar-refractivity contribution in [1.29, 1.82) is 0 Å². The first-order chi connectivity index (χ1) is 15.7. The van der Waals surface area contributed by atoms with E-state index in [9.17, 15) is 39.6 Å². The molecule has 0 bridgehead atoms. The summed E-state index contributed by atoms with van der Waals surface area (Å²) in [6.45, 7) is 1.29. The number of Topliss-reactive ketones (excluding diaryl/α,β-unsaturated/α-hetero) is 3. The maximum Gasteiger partial charge on any atom is 0.255 e. The summed E-state index contributed by atoms with van der Waals surface area (Å²) >= 11 is 0. The van der Waals surface area contributed by atoms with Crippen LogP contribution >= 0.6 is 0 Å². The molecule has 0 heterocycles. The first kappa shape index (κ1) is 23.5. The fourth-order valence-electron chi connectivity index (χ4n) is 5.65. The first-order valence-corrected chi connectivity index (χ1v) is 10.5. The number of phenols is 1. The second-order valence-corrected chi connectivity index (χ2v) is 9.23. The highest BCUT2D eigenvalue weighted by molar-refractivity contribution is 6.24. The molecule has 1 saturated carbocycles. The summed E-state index contributed by atoms with van der Waals surface area (Å²) < 4.78 is 0. The number of carbonyl (C=O) groups excluding carboxylic acids is 4. The van der Waals surface area contributed by atoms with Crippen molar-refractivity contribution in [3.8, 4) is 5.75 Å². The fourth-order valence-corrected chi connectivity index (χ4v) is 5.65. The summed E-state index contributed by atoms with van der Waals surface area (Å²) in [7, 11) is 3.03. The number of aromatic hydroxyl groups is 1. The van der Waals surface area contributed by atoms with Crippen LogP contribution in [0.3, 0.4) is 0 Å². The number of nitrogens with zero attached hydrogens (tertiary/aromatic N) is 1. The van der Waals surface area contributed by atoms with Gasteiger partial charge in [0.2, 0.25) is 5.78 Å². The number of benzene rings is 1. The number of phenolic OH excluding ortho intramolecular Hbond substituents is 1. The van der Waals surface area contributed by atoms with Crippen LogP contribution in [-0.2, 0) is 20.8 Å². The van der Waals surface area contributed by atoms with Crippen LogP contribution in [0.25, 0.3) is 5.76 Å². The topological polar surface area (TPSA) is 204 Å². The molecule has 34 heavy (non-hydrogen) atoms. The maximum absolute atomic E-state index is 13.7. The zero-order valence-corrected chi connectivity index (χ0v) is 18.7. The number of hydrogen-bond acceptors (Lipinski definition) is 10. The molecule has 1 aromatic rings. The van der Waals surface area contributed by atoms with E-state index in [0.717, 1.165) is 0 Å². The van der Waals surface area contributed by atoms with Gasteiger partial charge in [-0.15, -0.1) is 0 Å². The number of primary amides is 1. The van der Waals surface area contributed by atoms with Crippen LogP contribution in [0.2, 0.25) is 0 Å². The molecule has 1 fully saturated rings. The average Bonchev–Trinajstić information content (AvgIpc) is 2.72. The normalized spacial score (nSPS) is 28.6. The van der Waals surface area contributed by atoms with Crippen LogP contribution < -0.4 is 11.5 Å². The zero-order chi connectivity index (χ0) is 25.4.